The van der Waals surface area contributed by atoms with E-state index in [1.807, 2.05) is 41.8 Å². The van der Waals surface area contributed by atoms with Crippen LogP contribution >= 0.6 is 38.9 Å². The van der Waals surface area contributed by atoms with Gasteiger partial charge in [0, 0.05) is 10.6 Å². The summed E-state index contributed by atoms with van der Waals surface area (Å²) in [4.78, 5) is 12.5. The summed E-state index contributed by atoms with van der Waals surface area (Å²) in [6, 6.07) is 14.8. The number of carbonyl (C=O) groups excluding carboxylic acids is 1. The Labute approximate surface area is 168 Å². The molecule has 0 atom stereocenters. The summed E-state index contributed by atoms with van der Waals surface area (Å²) >= 11 is 10.9. The number of aromatic hydroxyl groups is 1. The lowest BCUT2D eigenvalue weighted by Gasteiger charge is -2.08. The van der Waals surface area contributed by atoms with E-state index >= 15 is 0 Å². The molecule has 1 aromatic heterocycles. The van der Waals surface area contributed by atoms with Crippen molar-refractivity contribution in [2.24, 2.45) is 5.10 Å². The Kier molecular flexibility index (Phi) is 6.08. The molecule has 26 heavy (non-hydrogen) atoms. The van der Waals surface area contributed by atoms with E-state index in [1.54, 1.807) is 12.1 Å². The predicted octanol–water partition coefficient (Wildman–Crippen LogP) is 5.22. The Morgan fingerprint density at radius 3 is 2.81 bits per heavy atom. The SMILES string of the molecule is O=C(NN=Cc1cc(Cc2ccccc2Cl)cc(Br)c1O)c1cccs1. The van der Waals surface area contributed by atoms with Gasteiger partial charge in [-0.2, -0.15) is 5.10 Å². The summed E-state index contributed by atoms with van der Waals surface area (Å²) in [7, 11) is 0. The number of nitrogens with zero attached hydrogens (tertiary/aromatic N) is 1. The molecule has 0 bridgehead atoms. The lowest BCUT2D eigenvalue weighted by atomic mass is 10.0. The van der Waals surface area contributed by atoms with E-state index in [-0.39, 0.29) is 11.7 Å². The third-order valence-electron chi connectivity index (χ3n) is 3.62. The number of phenolic OH excluding ortho intramolecular Hbond substituents is 1. The molecule has 132 valence electrons. The molecule has 0 unspecified atom stereocenters. The van der Waals surface area contributed by atoms with E-state index in [0.29, 0.717) is 26.4 Å². The normalized spacial score (nSPS) is 11.0. The van der Waals surface area contributed by atoms with Crippen LogP contribution in [0, 0.1) is 0 Å². The summed E-state index contributed by atoms with van der Waals surface area (Å²) in [5.41, 5.74) is 4.88. The number of rotatable bonds is 5. The van der Waals surface area contributed by atoms with Gasteiger partial charge in [-0.25, -0.2) is 5.43 Å². The Morgan fingerprint density at radius 1 is 1.27 bits per heavy atom. The van der Waals surface area contributed by atoms with Gasteiger partial charge in [-0.05, 0) is 63.1 Å². The smallest absolute Gasteiger partial charge is 0.281 e. The number of hydrogen-bond acceptors (Lipinski definition) is 4. The molecule has 0 saturated heterocycles. The van der Waals surface area contributed by atoms with Crippen LogP contribution in [0.2, 0.25) is 5.02 Å². The van der Waals surface area contributed by atoms with Crippen molar-refractivity contribution in [2.45, 2.75) is 6.42 Å². The van der Waals surface area contributed by atoms with E-state index in [2.05, 4.69) is 26.5 Å². The molecule has 4 nitrogen and oxygen atoms in total. The van der Waals surface area contributed by atoms with Gasteiger partial charge in [-0.1, -0.05) is 35.9 Å². The molecule has 3 aromatic rings. The maximum atomic E-state index is 11.9. The molecule has 0 aliphatic rings. The van der Waals surface area contributed by atoms with Crippen LogP contribution in [0.4, 0.5) is 0 Å². The molecule has 0 radical (unpaired) electrons. The lowest BCUT2D eigenvalue weighted by Crippen LogP contribution is -2.16. The molecule has 0 aliphatic heterocycles. The first-order valence-electron chi connectivity index (χ1n) is 7.66. The number of nitrogens with one attached hydrogen (secondary N) is 1. The molecule has 7 heteroatoms. The van der Waals surface area contributed by atoms with Gasteiger partial charge in [-0.3, -0.25) is 4.79 Å². The number of phenols is 1. The highest BCUT2D eigenvalue weighted by atomic mass is 79.9. The minimum atomic E-state index is -0.290. The second-order valence-electron chi connectivity index (χ2n) is 5.46. The summed E-state index contributed by atoms with van der Waals surface area (Å²) in [5.74, 6) is -0.232. The Hall–Kier alpha value is -2.15. The first-order valence-corrected chi connectivity index (χ1v) is 9.71. The number of thiophene rings is 1. The summed E-state index contributed by atoms with van der Waals surface area (Å²) in [6.07, 6.45) is 2.03. The van der Waals surface area contributed by atoms with Gasteiger partial charge in [0.2, 0.25) is 0 Å². The molecule has 3 rings (SSSR count). The summed E-state index contributed by atoms with van der Waals surface area (Å²) < 4.78 is 0.549. The van der Waals surface area contributed by atoms with Crippen molar-refractivity contribution in [3.05, 3.63) is 85.0 Å². The second kappa shape index (κ2) is 8.49. The molecular formula is C19H14BrClN2O2S. The van der Waals surface area contributed by atoms with Crippen LogP contribution in [0.5, 0.6) is 5.75 Å². The van der Waals surface area contributed by atoms with Gasteiger partial charge in [0.25, 0.3) is 5.91 Å². The van der Waals surface area contributed by atoms with Crippen molar-refractivity contribution < 1.29 is 9.90 Å². The maximum absolute atomic E-state index is 11.9. The van der Waals surface area contributed by atoms with Gasteiger partial charge in [-0.15, -0.1) is 11.3 Å². The number of carbonyl (C=O) groups is 1. The fourth-order valence-electron chi connectivity index (χ4n) is 2.36. The molecule has 0 spiro atoms. The Morgan fingerprint density at radius 2 is 2.08 bits per heavy atom. The van der Waals surface area contributed by atoms with E-state index in [9.17, 15) is 9.90 Å². The number of hydrazone groups is 1. The Balaban J connectivity index is 1.78. The molecule has 2 aromatic carbocycles. The maximum Gasteiger partial charge on any atom is 0.281 e. The van der Waals surface area contributed by atoms with E-state index in [1.165, 1.54) is 17.6 Å². The summed E-state index contributed by atoms with van der Waals surface area (Å²) in [6.45, 7) is 0. The highest BCUT2D eigenvalue weighted by Crippen LogP contribution is 2.30. The van der Waals surface area contributed by atoms with Crippen molar-refractivity contribution in [2.75, 3.05) is 0 Å². The van der Waals surface area contributed by atoms with Crippen LogP contribution in [0.1, 0.15) is 26.4 Å². The van der Waals surface area contributed by atoms with E-state index < -0.39 is 0 Å². The summed E-state index contributed by atoms with van der Waals surface area (Å²) in [5, 5.41) is 16.7. The largest absolute Gasteiger partial charge is 0.506 e. The average Bonchev–Trinajstić information content (AvgIpc) is 3.15. The van der Waals surface area contributed by atoms with Crippen LogP contribution in [0.15, 0.2) is 63.5 Å². The number of benzene rings is 2. The first kappa shape index (κ1) is 18.6. The van der Waals surface area contributed by atoms with Crippen LogP contribution < -0.4 is 5.43 Å². The quantitative estimate of drug-likeness (QED) is 0.414. The highest BCUT2D eigenvalue weighted by molar-refractivity contribution is 9.10. The third kappa shape index (κ3) is 4.52. The molecule has 0 aliphatic carbocycles. The lowest BCUT2D eigenvalue weighted by molar-refractivity contribution is 0.0959. The minimum absolute atomic E-state index is 0.0574. The van der Waals surface area contributed by atoms with Gasteiger partial charge in [0.1, 0.15) is 5.75 Å². The second-order valence-corrected chi connectivity index (χ2v) is 7.67. The van der Waals surface area contributed by atoms with Crippen LogP contribution in [0.3, 0.4) is 0 Å². The number of hydrogen-bond donors (Lipinski definition) is 2. The van der Waals surface area contributed by atoms with Gasteiger partial charge < -0.3 is 5.11 Å². The van der Waals surface area contributed by atoms with Gasteiger partial charge in [0.05, 0.1) is 15.6 Å². The van der Waals surface area contributed by atoms with Crippen molar-refractivity contribution in [3.8, 4) is 5.75 Å². The Bertz CT molecular complexity index is 958. The van der Waals surface area contributed by atoms with Gasteiger partial charge >= 0.3 is 0 Å². The zero-order chi connectivity index (χ0) is 18.5. The molecule has 1 amide bonds. The molecule has 0 fully saturated rings. The predicted molar refractivity (Wildman–Crippen MR) is 109 cm³/mol. The number of halogens is 2. The van der Waals surface area contributed by atoms with Gasteiger partial charge in [0.15, 0.2) is 0 Å². The van der Waals surface area contributed by atoms with Crippen LogP contribution in [-0.4, -0.2) is 17.2 Å². The standard InChI is InChI=1S/C19H14BrClN2O2S/c20-15-10-12(8-13-4-1-2-5-16(13)21)9-14(18(15)24)11-22-23-19(25)17-6-3-7-26-17/h1-7,9-11,24H,8H2,(H,23,25). The fourth-order valence-corrected chi connectivity index (χ4v) is 3.70. The molecule has 0 saturated carbocycles. The third-order valence-corrected chi connectivity index (χ3v) is 5.46. The van der Waals surface area contributed by atoms with E-state index in [0.717, 1.165) is 11.1 Å². The fraction of sp³-hybridized carbons (Fsp3) is 0.0526. The van der Waals surface area contributed by atoms with Crippen molar-refractivity contribution >= 4 is 51.0 Å². The zero-order valence-electron chi connectivity index (χ0n) is 13.4. The average molecular weight is 450 g/mol. The van der Waals surface area contributed by atoms with E-state index in [4.69, 9.17) is 11.6 Å². The van der Waals surface area contributed by atoms with Crippen molar-refractivity contribution in [1.82, 2.24) is 5.43 Å². The molecule has 2 N–H and O–H groups in total. The first-order chi connectivity index (χ1) is 12.5. The monoisotopic (exact) mass is 448 g/mol. The van der Waals surface area contributed by atoms with Crippen molar-refractivity contribution in [1.29, 1.82) is 0 Å². The molecular weight excluding hydrogens is 436 g/mol. The molecule has 1 heterocycles. The topological polar surface area (TPSA) is 61.7 Å². The van der Waals surface area contributed by atoms with Crippen molar-refractivity contribution in [3.63, 3.8) is 0 Å². The van der Waals surface area contributed by atoms with Crippen LogP contribution in [-0.2, 0) is 6.42 Å². The van der Waals surface area contributed by atoms with Crippen LogP contribution in [0.25, 0.3) is 0 Å². The number of amides is 1. The zero-order valence-corrected chi connectivity index (χ0v) is 16.6. The minimum Gasteiger partial charge on any atom is -0.506 e. The highest BCUT2D eigenvalue weighted by Gasteiger charge is 2.09.